The summed E-state index contributed by atoms with van der Waals surface area (Å²) in [5, 5.41) is 21.0. The Kier molecular flexibility index (Phi) is 9.88. The number of hydrogen-bond acceptors (Lipinski definition) is 10. The summed E-state index contributed by atoms with van der Waals surface area (Å²) in [5.74, 6) is -4.70. The molecule has 4 aromatic rings. The first kappa shape index (κ1) is 37.3. The number of amides is 1. The summed E-state index contributed by atoms with van der Waals surface area (Å²) in [6, 6.07) is 7.39. The van der Waals surface area contributed by atoms with Crippen molar-refractivity contribution in [3.63, 3.8) is 0 Å². The highest BCUT2D eigenvalue weighted by molar-refractivity contribution is 5.94. The number of imidazole rings is 1. The molecule has 8 rings (SSSR count). The molecule has 3 aliphatic heterocycles. The van der Waals surface area contributed by atoms with Crippen LogP contribution < -0.4 is 20.9 Å². The lowest BCUT2D eigenvalue weighted by molar-refractivity contribution is -0.192. The maximum absolute atomic E-state index is 15.3. The SMILES string of the molecule is CNc1cc(N2CCc3c(-c4ncc(CN5CCC6(CCNCC6)C(F)(F)C5)cn4)cccc32)nn2c(C(=O)N[C@@H]3C[C@@H]3F)cnc12.O=C(O)C(F)(F)F. The number of fused-ring (bicyclic) bond motifs is 2. The number of alkyl halides is 6. The van der Waals surface area contributed by atoms with Gasteiger partial charge in [0.05, 0.1) is 24.5 Å². The summed E-state index contributed by atoms with van der Waals surface area (Å²) in [5.41, 5.74) is 4.27. The Balaban J connectivity index is 0.000000588. The van der Waals surface area contributed by atoms with E-state index in [1.165, 1.54) is 10.7 Å². The molecule has 4 N–H and O–H groups in total. The summed E-state index contributed by atoms with van der Waals surface area (Å²) >= 11 is 0. The Morgan fingerprint density at radius 3 is 2.39 bits per heavy atom. The van der Waals surface area contributed by atoms with Gasteiger partial charge in [-0.05, 0) is 56.9 Å². The zero-order valence-electron chi connectivity index (χ0n) is 29.1. The van der Waals surface area contributed by atoms with Crippen molar-refractivity contribution in [2.45, 2.75) is 63.0 Å². The van der Waals surface area contributed by atoms with Crippen LogP contribution >= 0.6 is 0 Å². The number of aromatic nitrogens is 5. The topological polar surface area (TPSA) is 153 Å². The molecule has 54 heavy (non-hydrogen) atoms. The minimum Gasteiger partial charge on any atom is -0.475 e. The van der Waals surface area contributed by atoms with E-state index in [1.807, 2.05) is 29.2 Å². The fourth-order valence-corrected chi connectivity index (χ4v) is 7.44. The fraction of sp³-hybridized carbons (Fsp3) is 0.486. The van der Waals surface area contributed by atoms with Crippen LogP contribution in [0.3, 0.4) is 0 Å². The predicted molar refractivity (Wildman–Crippen MR) is 185 cm³/mol. The molecule has 2 atom stereocenters. The third kappa shape index (κ3) is 7.25. The van der Waals surface area contributed by atoms with Gasteiger partial charge in [-0.3, -0.25) is 9.69 Å². The van der Waals surface area contributed by atoms with E-state index in [9.17, 15) is 22.4 Å². The summed E-state index contributed by atoms with van der Waals surface area (Å²) in [6.45, 7) is 2.74. The number of carboxylic acid groups (broad SMARTS) is 1. The lowest BCUT2D eigenvalue weighted by atomic mass is 9.69. The van der Waals surface area contributed by atoms with E-state index in [-0.39, 0.29) is 12.2 Å². The van der Waals surface area contributed by atoms with Crippen LogP contribution in [0.5, 0.6) is 0 Å². The van der Waals surface area contributed by atoms with E-state index in [0.29, 0.717) is 81.4 Å². The lowest BCUT2D eigenvalue weighted by Crippen LogP contribution is -2.58. The number of hydrogen-bond donors (Lipinski definition) is 4. The molecule has 13 nitrogen and oxygen atoms in total. The van der Waals surface area contributed by atoms with Crippen LogP contribution in [-0.4, -0.2) is 111 Å². The second kappa shape index (κ2) is 14.3. The molecule has 1 amide bonds. The molecular formula is C35H38F6N10O3. The normalized spacial score (nSPS) is 21.6. The van der Waals surface area contributed by atoms with Crippen LogP contribution in [0.15, 0.2) is 42.9 Å². The molecule has 288 valence electrons. The predicted octanol–water partition coefficient (Wildman–Crippen LogP) is 4.61. The van der Waals surface area contributed by atoms with Gasteiger partial charge < -0.3 is 26.0 Å². The van der Waals surface area contributed by atoms with E-state index in [0.717, 1.165) is 28.8 Å². The molecule has 4 aliphatic rings. The van der Waals surface area contributed by atoms with E-state index < -0.39 is 41.6 Å². The van der Waals surface area contributed by atoms with Crippen LogP contribution in [-0.2, 0) is 17.8 Å². The third-order valence-corrected chi connectivity index (χ3v) is 10.6. The first-order chi connectivity index (χ1) is 25.7. The quantitative estimate of drug-likeness (QED) is 0.196. The van der Waals surface area contributed by atoms with Crippen molar-refractivity contribution in [2.24, 2.45) is 5.41 Å². The Morgan fingerprint density at radius 1 is 1.06 bits per heavy atom. The van der Waals surface area contributed by atoms with Crippen LogP contribution in [0.2, 0.25) is 0 Å². The molecule has 1 saturated carbocycles. The number of aliphatic carboxylic acids is 1. The second-order valence-electron chi connectivity index (χ2n) is 14.0. The molecule has 1 aliphatic carbocycles. The molecule has 1 aromatic carbocycles. The van der Waals surface area contributed by atoms with Gasteiger partial charge in [-0.25, -0.2) is 37.4 Å². The number of likely N-dealkylation sites (tertiary alicyclic amines) is 1. The van der Waals surface area contributed by atoms with Crippen molar-refractivity contribution >= 4 is 34.7 Å². The zero-order chi connectivity index (χ0) is 38.4. The van der Waals surface area contributed by atoms with Crippen molar-refractivity contribution in [3.05, 3.63) is 59.7 Å². The average Bonchev–Trinajstić information content (AvgIpc) is 3.47. The molecule has 2 saturated heterocycles. The van der Waals surface area contributed by atoms with Crippen LogP contribution in [0.1, 0.15) is 47.3 Å². The monoisotopic (exact) mass is 760 g/mol. The summed E-state index contributed by atoms with van der Waals surface area (Å²) in [7, 11) is 1.78. The van der Waals surface area contributed by atoms with Crippen LogP contribution in [0.4, 0.5) is 43.5 Å². The third-order valence-electron chi connectivity index (χ3n) is 10.6. The second-order valence-corrected chi connectivity index (χ2v) is 14.0. The molecule has 1 spiro atoms. The molecule has 19 heteroatoms. The number of nitrogens with one attached hydrogen (secondary N) is 3. The largest absolute Gasteiger partial charge is 0.490 e. The summed E-state index contributed by atoms with van der Waals surface area (Å²) < 4.78 is 77.4. The van der Waals surface area contributed by atoms with Crippen molar-refractivity contribution in [2.75, 3.05) is 50.0 Å². The highest BCUT2D eigenvalue weighted by Gasteiger charge is 2.56. The van der Waals surface area contributed by atoms with Crippen molar-refractivity contribution < 1.29 is 41.0 Å². The number of carbonyl (C=O) groups is 2. The fourth-order valence-electron chi connectivity index (χ4n) is 7.44. The first-order valence-electron chi connectivity index (χ1n) is 17.5. The van der Waals surface area contributed by atoms with Gasteiger partial charge in [-0.2, -0.15) is 13.2 Å². The standard InChI is InChI=1S/C33H37F3N10O.C2HF3O2/c1-37-25-14-28(43-46-27(17-41-30(25)46)31(47)42-24-13-23(24)34)45-11-5-21-22(3-2-4-26(21)45)29-39-15-20(16-40-29)18-44-12-8-32(33(35,36)19-44)6-9-38-10-7-32;3-2(4,5)1(6)7/h2-4,14-17,23-24,37-38H,5-13,18-19H2,1H3,(H,42,47);(H,6,7)/t23-,24+;/m0./s1. The number of anilines is 3. The number of carboxylic acids is 1. The Hall–Kier alpha value is -5.04. The molecule has 0 radical (unpaired) electrons. The lowest BCUT2D eigenvalue weighted by Gasteiger charge is -2.49. The first-order valence-corrected chi connectivity index (χ1v) is 17.5. The van der Waals surface area contributed by atoms with Gasteiger partial charge in [-0.1, -0.05) is 12.1 Å². The van der Waals surface area contributed by atoms with Gasteiger partial charge in [0.25, 0.3) is 11.8 Å². The molecule has 0 bridgehead atoms. The van der Waals surface area contributed by atoms with E-state index in [4.69, 9.17) is 15.0 Å². The number of halogens is 6. The number of rotatable bonds is 7. The highest BCUT2D eigenvalue weighted by Crippen LogP contribution is 2.50. The van der Waals surface area contributed by atoms with E-state index in [1.54, 1.807) is 19.4 Å². The van der Waals surface area contributed by atoms with Gasteiger partial charge in [0, 0.05) is 67.2 Å². The molecule has 6 heterocycles. The number of benzene rings is 1. The van der Waals surface area contributed by atoms with Gasteiger partial charge in [0.1, 0.15) is 6.17 Å². The minimum atomic E-state index is -5.08. The highest BCUT2D eigenvalue weighted by atomic mass is 19.4. The zero-order valence-corrected chi connectivity index (χ0v) is 29.1. The molecule has 0 unspecified atom stereocenters. The molecule has 3 aromatic heterocycles. The van der Waals surface area contributed by atoms with Crippen molar-refractivity contribution in [1.82, 2.24) is 40.1 Å². The maximum Gasteiger partial charge on any atom is 0.490 e. The van der Waals surface area contributed by atoms with Gasteiger partial charge >= 0.3 is 12.1 Å². The van der Waals surface area contributed by atoms with Crippen LogP contribution in [0.25, 0.3) is 17.0 Å². The van der Waals surface area contributed by atoms with Gasteiger partial charge in [0.2, 0.25) is 0 Å². The minimum absolute atomic E-state index is 0.234. The summed E-state index contributed by atoms with van der Waals surface area (Å²) in [4.78, 5) is 39.5. The Labute approximate surface area is 305 Å². The molecule has 3 fully saturated rings. The molecular weight excluding hydrogens is 722 g/mol. The Bertz CT molecular complexity index is 2040. The maximum atomic E-state index is 15.3. The van der Waals surface area contributed by atoms with Gasteiger partial charge in [0.15, 0.2) is 23.0 Å². The van der Waals surface area contributed by atoms with E-state index in [2.05, 4.69) is 35.8 Å². The smallest absolute Gasteiger partial charge is 0.475 e. The average molecular weight is 761 g/mol. The Morgan fingerprint density at radius 2 is 1.76 bits per heavy atom. The number of carbonyl (C=O) groups excluding carboxylic acids is 1. The van der Waals surface area contributed by atoms with Crippen LogP contribution in [0, 0.1) is 5.41 Å². The summed E-state index contributed by atoms with van der Waals surface area (Å²) in [6.07, 6.45) is 1.44. The van der Waals surface area contributed by atoms with Crippen molar-refractivity contribution in [3.8, 4) is 11.4 Å². The van der Waals surface area contributed by atoms with Gasteiger partial charge in [-0.15, -0.1) is 5.10 Å². The number of piperidine rings is 2. The number of nitrogens with zero attached hydrogens (tertiary/aromatic N) is 7. The van der Waals surface area contributed by atoms with Crippen molar-refractivity contribution in [1.29, 1.82) is 0 Å². The van der Waals surface area contributed by atoms with E-state index >= 15 is 8.78 Å².